The Morgan fingerprint density at radius 3 is 2.67 bits per heavy atom. The Hall–Kier alpha value is -1.85. The van der Waals surface area contributed by atoms with Crippen molar-refractivity contribution >= 4 is 40.7 Å². The largest absolute Gasteiger partial charge is 0.478 e. The number of anilines is 2. The highest BCUT2D eigenvalue weighted by Crippen LogP contribution is 2.23. The Kier molecular flexibility index (Phi) is 3.64. The minimum atomic E-state index is -1.07. The van der Waals surface area contributed by atoms with Gasteiger partial charge in [0.05, 0.1) is 23.0 Å². The quantitative estimate of drug-likeness (QED) is 0.905. The highest BCUT2D eigenvalue weighted by Gasteiger charge is 2.09. The van der Waals surface area contributed by atoms with Gasteiger partial charge in [-0.3, -0.25) is 4.98 Å². The molecule has 2 N–H and O–H groups in total. The third-order valence-corrected chi connectivity index (χ3v) is 2.57. The predicted molar refractivity (Wildman–Crippen MR) is 68.7 cm³/mol. The van der Waals surface area contributed by atoms with Crippen LogP contribution in [0.2, 0.25) is 10.2 Å². The van der Waals surface area contributed by atoms with Crippen molar-refractivity contribution in [3.8, 4) is 0 Å². The molecular formula is C11H7Cl2N3O2. The number of carboxylic acids is 1. The highest BCUT2D eigenvalue weighted by molar-refractivity contribution is 6.33. The van der Waals surface area contributed by atoms with Crippen molar-refractivity contribution in [1.29, 1.82) is 0 Å². The van der Waals surface area contributed by atoms with E-state index in [1.54, 1.807) is 6.07 Å². The van der Waals surface area contributed by atoms with E-state index >= 15 is 0 Å². The Balaban J connectivity index is 2.25. The molecule has 92 valence electrons. The molecule has 0 atom stereocenters. The molecule has 0 spiro atoms. The van der Waals surface area contributed by atoms with Crippen molar-refractivity contribution in [2.45, 2.75) is 0 Å². The average molecular weight is 284 g/mol. The molecule has 2 aromatic rings. The molecule has 0 aliphatic carbocycles. The van der Waals surface area contributed by atoms with Gasteiger partial charge in [0.1, 0.15) is 5.15 Å². The van der Waals surface area contributed by atoms with E-state index in [0.717, 1.165) is 0 Å². The fourth-order valence-electron chi connectivity index (χ4n) is 1.32. The second kappa shape index (κ2) is 5.20. The van der Waals surface area contributed by atoms with Crippen LogP contribution in [0.15, 0.2) is 30.6 Å². The molecule has 18 heavy (non-hydrogen) atoms. The van der Waals surface area contributed by atoms with Gasteiger partial charge in [-0.15, -0.1) is 0 Å². The number of rotatable bonds is 3. The molecule has 5 nitrogen and oxygen atoms in total. The van der Waals surface area contributed by atoms with Crippen LogP contribution < -0.4 is 5.32 Å². The molecule has 0 bridgehead atoms. The molecule has 0 radical (unpaired) electrons. The average Bonchev–Trinajstić information content (AvgIpc) is 2.28. The number of benzene rings is 1. The predicted octanol–water partition coefficient (Wildman–Crippen LogP) is 3.23. The number of aromatic nitrogens is 2. The van der Waals surface area contributed by atoms with Gasteiger partial charge in [-0.1, -0.05) is 23.2 Å². The minimum Gasteiger partial charge on any atom is -0.478 e. The molecule has 0 unspecified atom stereocenters. The third-order valence-electron chi connectivity index (χ3n) is 2.08. The van der Waals surface area contributed by atoms with Gasteiger partial charge in [-0.25, -0.2) is 9.78 Å². The van der Waals surface area contributed by atoms with Gasteiger partial charge in [-0.05, 0) is 18.2 Å². The highest BCUT2D eigenvalue weighted by atomic mass is 35.5. The van der Waals surface area contributed by atoms with Crippen molar-refractivity contribution in [2.24, 2.45) is 0 Å². The van der Waals surface area contributed by atoms with Crippen LogP contribution in [-0.4, -0.2) is 21.0 Å². The lowest BCUT2D eigenvalue weighted by Crippen LogP contribution is -1.99. The monoisotopic (exact) mass is 283 g/mol. The van der Waals surface area contributed by atoms with Crippen molar-refractivity contribution < 1.29 is 9.90 Å². The summed E-state index contributed by atoms with van der Waals surface area (Å²) in [5, 5.41) is 12.2. The summed E-state index contributed by atoms with van der Waals surface area (Å²) in [6.07, 6.45) is 2.90. The van der Waals surface area contributed by atoms with Crippen LogP contribution in [0.5, 0.6) is 0 Å². The molecule has 0 aliphatic heterocycles. The van der Waals surface area contributed by atoms with Gasteiger partial charge >= 0.3 is 5.97 Å². The van der Waals surface area contributed by atoms with Crippen molar-refractivity contribution in [3.63, 3.8) is 0 Å². The van der Waals surface area contributed by atoms with Gasteiger partial charge in [0.2, 0.25) is 0 Å². The summed E-state index contributed by atoms with van der Waals surface area (Å²) in [5.74, 6) is -0.629. The van der Waals surface area contributed by atoms with E-state index in [1.807, 2.05) is 0 Å². The van der Waals surface area contributed by atoms with Gasteiger partial charge in [0, 0.05) is 5.69 Å². The minimum absolute atomic E-state index is 0.0411. The first-order valence-corrected chi connectivity index (χ1v) is 5.59. The van der Waals surface area contributed by atoms with E-state index in [0.29, 0.717) is 11.5 Å². The summed E-state index contributed by atoms with van der Waals surface area (Å²) in [6, 6.07) is 4.48. The van der Waals surface area contributed by atoms with Crippen LogP contribution in [0.25, 0.3) is 0 Å². The Bertz CT molecular complexity index is 605. The maximum Gasteiger partial charge on any atom is 0.337 e. The molecule has 2 rings (SSSR count). The number of aromatic carboxylic acids is 1. The second-order valence-electron chi connectivity index (χ2n) is 3.35. The zero-order chi connectivity index (χ0) is 13.1. The van der Waals surface area contributed by atoms with E-state index in [1.165, 1.54) is 24.5 Å². The smallest absolute Gasteiger partial charge is 0.337 e. The van der Waals surface area contributed by atoms with Crippen molar-refractivity contribution in [1.82, 2.24) is 9.97 Å². The van der Waals surface area contributed by atoms with Crippen LogP contribution >= 0.6 is 23.2 Å². The summed E-state index contributed by atoms with van der Waals surface area (Å²) in [6.45, 7) is 0. The lowest BCUT2D eigenvalue weighted by Gasteiger charge is -2.06. The van der Waals surface area contributed by atoms with Gasteiger partial charge in [0.25, 0.3) is 0 Å². The molecule has 1 heterocycles. The lowest BCUT2D eigenvalue weighted by atomic mass is 10.2. The first kappa shape index (κ1) is 12.6. The zero-order valence-electron chi connectivity index (χ0n) is 8.89. The molecule has 0 aliphatic rings. The lowest BCUT2D eigenvalue weighted by molar-refractivity contribution is 0.0697. The number of halogens is 2. The molecule has 0 saturated carbocycles. The van der Waals surface area contributed by atoms with Crippen LogP contribution in [0.1, 0.15) is 10.4 Å². The van der Waals surface area contributed by atoms with Gasteiger partial charge in [0.15, 0.2) is 5.82 Å². The SMILES string of the molecule is O=C(O)c1ccc(Nc2cncc(Cl)n2)cc1Cl. The molecule has 7 heteroatoms. The fourth-order valence-corrected chi connectivity index (χ4v) is 1.73. The Morgan fingerprint density at radius 1 is 1.28 bits per heavy atom. The van der Waals surface area contributed by atoms with E-state index in [4.69, 9.17) is 28.3 Å². The number of hydrogen-bond acceptors (Lipinski definition) is 4. The van der Waals surface area contributed by atoms with Gasteiger partial charge in [-0.2, -0.15) is 0 Å². The maximum absolute atomic E-state index is 10.8. The summed E-state index contributed by atoms with van der Waals surface area (Å²) in [4.78, 5) is 18.6. The number of nitrogens with one attached hydrogen (secondary N) is 1. The normalized spacial score (nSPS) is 10.1. The summed E-state index contributed by atoms with van der Waals surface area (Å²) in [7, 11) is 0. The van der Waals surface area contributed by atoms with E-state index in [2.05, 4.69) is 15.3 Å². The third kappa shape index (κ3) is 2.88. The van der Waals surface area contributed by atoms with Crippen LogP contribution in [0.4, 0.5) is 11.5 Å². The molecule has 1 aromatic carbocycles. The van der Waals surface area contributed by atoms with Crippen molar-refractivity contribution in [3.05, 3.63) is 46.3 Å². The van der Waals surface area contributed by atoms with Crippen molar-refractivity contribution in [2.75, 3.05) is 5.32 Å². The van der Waals surface area contributed by atoms with E-state index in [-0.39, 0.29) is 15.7 Å². The molecule has 0 fully saturated rings. The van der Waals surface area contributed by atoms with E-state index < -0.39 is 5.97 Å². The van der Waals surface area contributed by atoms with E-state index in [9.17, 15) is 4.79 Å². The maximum atomic E-state index is 10.8. The van der Waals surface area contributed by atoms with Crippen LogP contribution in [0.3, 0.4) is 0 Å². The standard InChI is InChI=1S/C11H7Cl2N3O2/c12-8-3-6(1-2-7(8)11(17)18)15-10-5-14-4-9(13)16-10/h1-5H,(H,15,16)(H,17,18). The molecule has 1 aromatic heterocycles. The summed E-state index contributed by atoms with van der Waals surface area (Å²) in [5.41, 5.74) is 0.640. The summed E-state index contributed by atoms with van der Waals surface area (Å²) < 4.78 is 0. The van der Waals surface area contributed by atoms with Crippen LogP contribution in [0, 0.1) is 0 Å². The van der Waals surface area contributed by atoms with Crippen LogP contribution in [-0.2, 0) is 0 Å². The summed E-state index contributed by atoms with van der Waals surface area (Å²) >= 11 is 11.5. The second-order valence-corrected chi connectivity index (χ2v) is 4.15. The number of carboxylic acid groups (broad SMARTS) is 1. The zero-order valence-corrected chi connectivity index (χ0v) is 10.4. The first-order valence-electron chi connectivity index (χ1n) is 4.83. The number of carbonyl (C=O) groups is 1. The topological polar surface area (TPSA) is 75.1 Å². The fraction of sp³-hybridized carbons (Fsp3) is 0. The Labute approximate surface area is 112 Å². The first-order chi connectivity index (χ1) is 8.56. The Morgan fingerprint density at radius 2 is 2.06 bits per heavy atom. The number of hydrogen-bond donors (Lipinski definition) is 2. The molecular weight excluding hydrogens is 277 g/mol. The molecule has 0 saturated heterocycles. The number of nitrogens with zero attached hydrogens (tertiary/aromatic N) is 2. The van der Waals surface area contributed by atoms with Gasteiger partial charge < -0.3 is 10.4 Å². The molecule has 0 amide bonds.